The van der Waals surface area contributed by atoms with Gasteiger partial charge in [-0.15, -0.1) is 0 Å². The van der Waals surface area contributed by atoms with Crippen LogP contribution in [0, 0.1) is 23.0 Å². The van der Waals surface area contributed by atoms with E-state index in [0.29, 0.717) is 32.8 Å². The van der Waals surface area contributed by atoms with E-state index in [1.54, 1.807) is 14.0 Å². The van der Waals surface area contributed by atoms with Gasteiger partial charge in [-0.25, -0.2) is 18.7 Å². The standard InChI is InChI=1S/C24H27F2N5O4S/c1-22(9-34-10-22)11-35-18-8-28-16(7-29-18)20(32)30-13-4-14(19(26)15(25)5-13)23(2)17-6-24(17,12-33-3)36-21(27)31-23/h4-5,7-8,17H,6,9-12H2,1-3H3,(H2,27,31)(H,30,32)/t17-,23+,24+/m0/s1. The summed E-state index contributed by atoms with van der Waals surface area (Å²) in [5, 5.41) is 2.86. The first-order chi connectivity index (χ1) is 17.1. The molecule has 1 saturated carbocycles. The molecule has 3 N–H and O–H groups in total. The summed E-state index contributed by atoms with van der Waals surface area (Å²) >= 11 is 1.40. The Balaban J connectivity index is 1.34. The molecule has 2 aliphatic heterocycles. The SMILES string of the molecule is COC[C@]12C[C@H]1[C@@](C)(c1cc(NC(=O)c3cnc(OCC4(C)COC4)cn3)cc(F)c1F)N=C(N)S2. The summed E-state index contributed by atoms with van der Waals surface area (Å²) in [6.07, 6.45) is 3.30. The van der Waals surface area contributed by atoms with Gasteiger partial charge in [0.1, 0.15) is 5.69 Å². The lowest BCUT2D eigenvalue weighted by Crippen LogP contribution is -2.44. The summed E-state index contributed by atoms with van der Waals surface area (Å²) < 4.78 is 45.6. The van der Waals surface area contributed by atoms with Gasteiger partial charge in [-0.3, -0.25) is 9.79 Å². The molecule has 1 amide bonds. The number of nitrogens with two attached hydrogens (primary N) is 1. The van der Waals surface area contributed by atoms with E-state index in [4.69, 9.17) is 19.9 Å². The van der Waals surface area contributed by atoms with Crippen molar-refractivity contribution in [3.63, 3.8) is 0 Å². The van der Waals surface area contributed by atoms with Crippen molar-refractivity contribution in [2.75, 3.05) is 38.9 Å². The second kappa shape index (κ2) is 8.93. The Labute approximate surface area is 211 Å². The molecule has 12 heteroatoms. The zero-order valence-electron chi connectivity index (χ0n) is 20.1. The van der Waals surface area contributed by atoms with E-state index in [-0.39, 0.29) is 44.1 Å². The lowest BCUT2D eigenvalue weighted by atomic mass is 9.85. The number of thioether (sulfide) groups is 1. The average molecular weight is 520 g/mol. The molecule has 0 spiro atoms. The lowest BCUT2D eigenvalue weighted by Gasteiger charge is -2.37. The number of amidine groups is 1. The predicted molar refractivity (Wildman–Crippen MR) is 130 cm³/mol. The Hall–Kier alpha value is -2.83. The number of aliphatic imine (C=N–C) groups is 1. The van der Waals surface area contributed by atoms with Gasteiger partial charge in [0.15, 0.2) is 16.8 Å². The third-order valence-electron chi connectivity index (χ3n) is 6.90. The summed E-state index contributed by atoms with van der Waals surface area (Å²) in [5.74, 6) is -2.58. The minimum atomic E-state index is -1.11. The van der Waals surface area contributed by atoms with Crippen molar-refractivity contribution >= 4 is 28.5 Å². The van der Waals surface area contributed by atoms with E-state index in [1.165, 1.54) is 30.2 Å². The van der Waals surface area contributed by atoms with Gasteiger partial charge in [0.05, 0.1) is 49.1 Å². The van der Waals surface area contributed by atoms with Crippen LogP contribution in [0.25, 0.3) is 0 Å². The number of carbonyl (C=O) groups excluding carboxylic acids is 1. The van der Waals surface area contributed by atoms with Gasteiger partial charge in [-0.05, 0) is 19.4 Å². The molecular weight excluding hydrogens is 492 g/mol. The van der Waals surface area contributed by atoms with Gasteiger partial charge < -0.3 is 25.3 Å². The molecular formula is C24H27F2N5O4S. The Kier molecular flexibility index (Phi) is 6.16. The first-order valence-corrected chi connectivity index (χ1v) is 12.3. The summed E-state index contributed by atoms with van der Waals surface area (Å²) in [5.41, 5.74) is 4.99. The first-order valence-electron chi connectivity index (χ1n) is 11.4. The fourth-order valence-electron chi connectivity index (χ4n) is 4.84. The van der Waals surface area contributed by atoms with Gasteiger partial charge in [-0.2, -0.15) is 0 Å². The highest BCUT2D eigenvalue weighted by Crippen LogP contribution is 2.66. The zero-order valence-corrected chi connectivity index (χ0v) is 21.0. The van der Waals surface area contributed by atoms with Gasteiger partial charge >= 0.3 is 0 Å². The molecule has 1 saturated heterocycles. The number of rotatable bonds is 8. The predicted octanol–water partition coefficient (Wildman–Crippen LogP) is 3.10. The van der Waals surface area contributed by atoms with Crippen LogP contribution in [0.3, 0.4) is 0 Å². The van der Waals surface area contributed by atoms with Crippen LogP contribution < -0.4 is 15.8 Å². The molecule has 0 unspecified atom stereocenters. The molecule has 2 aromatic rings. The fraction of sp³-hybridized carbons (Fsp3) is 0.500. The number of carbonyl (C=O) groups is 1. The molecule has 0 bridgehead atoms. The molecule has 9 nitrogen and oxygen atoms in total. The van der Waals surface area contributed by atoms with Crippen molar-refractivity contribution in [3.05, 3.63) is 47.4 Å². The molecule has 3 aliphatic rings. The third kappa shape index (κ3) is 4.41. The van der Waals surface area contributed by atoms with Crippen LogP contribution in [0.5, 0.6) is 5.88 Å². The highest BCUT2D eigenvalue weighted by atomic mass is 32.2. The number of hydrogen-bond donors (Lipinski definition) is 2. The van der Waals surface area contributed by atoms with Crippen LogP contribution in [0.4, 0.5) is 14.5 Å². The number of amides is 1. The molecule has 2 fully saturated rings. The van der Waals surface area contributed by atoms with Gasteiger partial charge in [-0.1, -0.05) is 18.7 Å². The Bertz CT molecular complexity index is 1230. The Morgan fingerprint density at radius 3 is 2.67 bits per heavy atom. The molecule has 1 aromatic heterocycles. The molecule has 3 heterocycles. The number of anilines is 1. The minimum absolute atomic E-state index is 0.00401. The maximum Gasteiger partial charge on any atom is 0.275 e. The maximum absolute atomic E-state index is 15.1. The quantitative estimate of drug-likeness (QED) is 0.546. The molecule has 5 rings (SSSR count). The van der Waals surface area contributed by atoms with Crippen molar-refractivity contribution < 1.29 is 27.8 Å². The number of nitrogens with zero attached hydrogens (tertiary/aromatic N) is 3. The second-order valence-corrected chi connectivity index (χ2v) is 11.5. The molecule has 1 aromatic carbocycles. The number of benzene rings is 1. The number of hydrogen-bond acceptors (Lipinski definition) is 9. The third-order valence-corrected chi connectivity index (χ3v) is 8.18. The minimum Gasteiger partial charge on any atom is -0.476 e. The van der Waals surface area contributed by atoms with Crippen LogP contribution in [0.15, 0.2) is 29.5 Å². The normalized spacial score (nSPS) is 27.9. The first kappa shape index (κ1) is 24.8. The molecule has 0 radical (unpaired) electrons. The van der Waals surface area contributed by atoms with E-state index in [0.717, 1.165) is 6.07 Å². The molecule has 3 atom stereocenters. The van der Waals surface area contributed by atoms with Crippen molar-refractivity contribution in [1.82, 2.24) is 9.97 Å². The summed E-state index contributed by atoms with van der Waals surface area (Å²) in [6, 6.07) is 2.32. The molecule has 1 aliphatic carbocycles. The lowest BCUT2D eigenvalue weighted by molar-refractivity contribution is -0.120. The zero-order chi connectivity index (χ0) is 25.7. The van der Waals surface area contributed by atoms with Crippen LogP contribution in [-0.4, -0.2) is 59.3 Å². The number of methoxy groups -OCH3 is 1. The number of halogens is 2. The molecule has 192 valence electrons. The average Bonchev–Trinajstić information content (AvgIpc) is 3.54. The molecule has 36 heavy (non-hydrogen) atoms. The number of nitrogens with one attached hydrogen (secondary N) is 1. The fourth-order valence-corrected chi connectivity index (χ4v) is 6.29. The van der Waals surface area contributed by atoms with Gasteiger partial charge in [0.2, 0.25) is 5.88 Å². The van der Waals surface area contributed by atoms with Crippen molar-refractivity contribution in [3.8, 4) is 5.88 Å². The second-order valence-electron chi connectivity index (χ2n) is 10.1. The smallest absolute Gasteiger partial charge is 0.275 e. The van der Waals surface area contributed by atoms with Crippen molar-refractivity contribution in [2.24, 2.45) is 22.1 Å². The Morgan fingerprint density at radius 1 is 1.25 bits per heavy atom. The summed E-state index contributed by atoms with van der Waals surface area (Å²) in [6.45, 7) is 5.82. The van der Waals surface area contributed by atoms with Crippen LogP contribution in [0.2, 0.25) is 0 Å². The van der Waals surface area contributed by atoms with E-state index in [2.05, 4.69) is 20.3 Å². The number of fused-ring (bicyclic) bond motifs is 1. The van der Waals surface area contributed by atoms with Crippen LogP contribution in [-0.2, 0) is 15.0 Å². The highest BCUT2D eigenvalue weighted by Gasteiger charge is 2.66. The van der Waals surface area contributed by atoms with E-state index < -0.39 is 23.1 Å². The maximum atomic E-state index is 15.1. The van der Waals surface area contributed by atoms with Crippen LogP contribution >= 0.6 is 11.8 Å². The van der Waals surface area contributed by atoms with Crippen molar-refractivity contribution in [1.29, 1.82) is 0 Å². The largest absolute Gasteiger partial charge is 0.476 e. The Morgan fingerprint density at radius 2 is 2.03 bits per heavy atom. The summed E-state index contributed by atoms with van der Waals surface area (Å²) in [4.78, 5) is 25.5. The monoisotopic (exact) mass is 519 g/mol. The number of ether oxygens (including phenoxy) is 3. The van der Waals surface area contributed by atoms with Crippen LogP contribution in [0.1, 0.15) is 36.3 Å². The van der Waals surface area contributed by atoms with Gasteiger partial charge in [0.25, 0.3) is 5.91 Å². The summed E-state index contributed by atoms with van der Waals surface area (Å²) in [7, 11) is 1.59. The van der Waals surface area contributed by atoms with Crippen molar-refractivity contribution in [2.45, 2.75) is 30.6 Å². The topological polar surface area (TPSA) is 121 Å². The number of aromatic nitrogens is 2. The van der Waals surface area contributed by atoms with E-state index in [9.17, 15) is 9.18 Å². The highest BCUT2D eigenvalue weighted by molar-refractivity contribution is 8.15. The van der Waals surface area contributed by atoms with Gasteiger partial charge in [0, 0.05) is 35.8 Å². The van der Waals surface area contributed by atoms with E-state index >= 15 is 4.39 Å². The van der Waals surface area contributed by atoms with E-state index in [1.807, 2.05) is 6.92 Å².